The van der Waals surface area contributed by atoms with Crippen LogP contribution in [0.1, 0.15) is 21.5 Å². The van der Waals surface area contributed by atoms with Crippen LogP contribution in [-0.2, 0) is 23.1 Å². The molecule has 0 N–H and O–H groups in total. The lowest BCUT2D eigenvalue weighted by atomic mass is 9.99. The summed E-state index contributed by atoms with van der Waals surface area (Å²) in [4.78, 5) is 13.2. The number of rotatable bonds is 7. The average molecular weight is 454 g/mol. The van der Waals surface area contributed by atoms with Crippen molar-refractivity contribution >= 4 is 15.9 Å². The van der Waals surface area contributed by atoms with Gasteiger partial charge in [-0.25, -0.2) is 12.7 Å². The van der Waals surface area contributed by atoms with Crippen LogP contribution in [0.3, 0.4) is 0 Å². The van der Waals surface area contributed by atoms with Crippen LogP contribution in [0.2, 0.25) is 0 Å². The van der Waals surface area contributed by atoms with Gasteiger partial charge in [-0.15, -0.1) is 0 Å². The lowest BCUT2D eigenvalue weighted by molar-refractivity contribution is 0.0849. The zero-order chi connectivity index (χ0) is 22.7. The highest BCUT2D eigenvalue weighted by atomic mass is 32.2. The third kappa shape index (κ3) is 4.13. The molecule has 0 spiro atoms. The molecule has 7 nitrogen and oxygen atoms in total. The normalized spacial score (nSPS) is 13.4. The number of carbonyl (C=O) groups excluding carboxylic acids is 1. The van der Waals surface area contributed by atoms with Crippen LogP contribution in [0.4, 0.5) is 0 Å². The summed E-state index contributed by atoms with van der Waals surface area (Å²) in [5.74, 6) is 0.827. The zero-order valence-electron chi connectivity index (χ0n) is 17.8. The Hall–Kier alpha value is -3.52. The zero-order valence-corrected chi connectivity index (χ0v) is 18.6. The predicted molar refractivity (Wildman–Crippen MR) is 119 cm³/mol. The van der Waals surface area contributed by atoms with Gasteiger partial charge in [0.1, 0.15) is 12.4 Å². The lowest BCUT2D eigenvalue weighted by Gasteiger charge is -2.28. The second-order valence-corrected chi connectivity index (χ2v) is 9.10. The van der Waals surface area contributed by atoms with Crippen molar-refractivity contribution in [3.8, 4) is 17.2 Å². The highest BCUT2D eigenvalue weighted by molar-refractivity contribution is 7.89. The van der Waals surface area contributed by atoms with Crippen LogP contribution >= 0.6 is 0 Å². The second kappa shape index (κ2) is 8.92. The van der Waals surface area contributed by atoms with Crippen molar-refractivity contribution in [1.29, 1.82) is 0 Å². The summed E-state index contributed by atoms with van der Waals surface area (Å²) in [5, 5.41) is 0. The van der Waals surface area contributed by atoms with Gasteiger partial charge in [0, 0.05) is 12.1 Å². The van der Waals surface area contributed by atoms with Gasteiger partial charge >= 0.3 is 0 Å². The van der Waals surface area contributed by atoms with Gasteiger partial charge in [-0.2, -0.15) is 0 Å². The van der Waals surface area contributed by atoms with Crippen molar-refractivity contribution in [3.63, 3.8) is 0 Å². The Kier molecular flexibility index (Phi) is 6.05. The fourth-order valence-corrected chi connectivity index (χ4v) is 4.96. The van der Waals surface area contributed by atoms with E-state index >= 15 is 0 Å². The highest BCUT2D eigenvalue weighted by Gasteiger charge is 2.35. The van der Waals surface area contributed by atoms with E-state index < -0.39 is 15.9 Å². The molecule has 3 aromatic carbocycles. The number of sulfonamides is 1. The number of nitrogens with zero attached hydrogens (tertiary/aromatic N) is 1. The van der Waals surface area contributed by atoms with E-state index in [2.05, 4.69) is 0 Å². The van der Waals surface area contributed by atoms with Crippen molar-refractivity contribution in [3.05, 3.63) is 83.4 Å². The Labute approximate surface area is 187 Å². The lowest BCUT2D eigenvalue weighted by Crippen LogP contribution is -2.42. The van der Waals surface area contributed by atoms with Crippen molar-refractivity contribution in [2.24, 2.45) is 0 Å². The standard InChI is InChI=1S/C24H23NO6S/c1-29-19-8-10-20(11-9-19)32(27,28)25-13-12-18-14-23(22(30-2)15-21(18)24(25)26)31-16-17-6-4-3-5-7-17/h3-11,14-15H,12-13,16H2,1-2H3. The van der Waals surface area contributed by atoms with Crippen molar-refractivity contribution < 1.29 is 27.4 Å². The largest absolute Gasteiger partial charge is 0.497 e. The number of methoxy groups -OCH3 is 2. The third-order valence-corrected chi connectivity index (χ3v) is 7.11. The molecule has 8 heteroatoms. The first-order valence-electron chi connectivity index (χ1n) is 10.0. The summed E-state index contributed by atoms with van der Waals surface area (Å²) in [6, 6.07) is 19.0. The second-order valence-electron chi connectivity index (χ2n) is 7.24. The van der Waals surface area contributed by atoms with Gasteiger partial charge in [0.15, 0.2) is 11.5 Å². The van der Waals surface area contributed by atoms with Crippen LogP contribution < -0.4 is 14.2 Å². The Bertz CT molecular complexity index is 1220. The first-order chi connectivity index (χ1) is 15.4. The van der Waals surface area contributed by atoms with E-state index in [9.17, 15) is 13.2 Å². The van der Waals surface area contributed by atoms with Gasteiger partial charge in [0.25, 0.3) is 15.9 Å². The molecule has 0 saturated carbocycles. The molecule has 0 radical (unpaired) electrons. The molecule has 0 fully saturated rings. The van der Waals surface area contributed by atoms with Gasteiger partial charge in [-0.3, -0.25) is 4.79 Å². The molecule has 1 heterocycles. The summed E-state index contributed by atoms with van der Waals surface area (Å²) < 4.78 is 43.5. The number of hydrogen-bond acceptors (Lipinski definition) is 6. The van der Waals surface area contributed by atoms with E-state index in [0.29, 0.717) is 30.3 Å². The maximum absolute atomic E-state index is 13.1. The maximum atomic E-state index is 13.1. The first-order valence-corrected chi connectivity index (χ1v) is 11.5. The van der Waals surface area contributed by atoms with Gasteiger partial charge in [-0.05, 0) is 53.9 Å². The summed E-state index contributed by atoms with van der Waals surface area (Å²) in [6.45, 7) is 0.395. The van der Waals surface area contributed by atoms with Gasteiger partial charge < -0.3 is 14.2 Å². The molecule has 3 aromatic rings. The summed E-state index contributed by atoms with van der Waals surface area (Å²) in [6.07, 6.45) is 0.377. The Morgan fingerprint density at radius 2 is 1.62 bits per heavy atom. The molecule has 0 saturated heterocycles. The van der Waals surface area contributed by atoms with E-state index in [1.54, 1.807) is 24.3 Å². The maximum Gasteiger partial charge on any atom is 0.268 e. The predicted octanol–water partition coefficient (Wildman–Crippen LogP) is 3.67. The molecule has 0 atom stereocenters. The van der Waals surface area contributed by atoms with Crippen molar-refractivity contribution in [1.82, 2.24) is 4.31 Å². The van der Waals surface area contributed by atoms with Gasteiger partial charge in [-0.1, -0.05) is 30.3 Å². The molecule has 0 aliphatic carbocycles. The van der Waals surface area contributed by atoms with Crippen LogP contribution in [0.15, 0.2) is 71.6 Å². The Morgan fingerprint density at radius 3 is 2.28 bits per heavy atom. The monoisotopic (exact) mass is 453 g/mol. The summed E-state index contributed by atoms with van der Waals surface area (Å²) in [5.41, 5.74) is 2.01. The van der Waals surface area contributed by atoms with Gasteiger partial charge in [0.05, 0.1) is 19.1 Å². The van der Waals surface area contributed by atoms with Crippen LogP contribution in [0.25, 0.3) is 0 Å². The smallest absolute Gasteiger partial charge is 0.268 e. The van der Waals surface area contributed by atoms with Crippen molar-refractivity contribution in [2.75, 3.05) is 20.8 Å². The fourth-order valence-electron chi connectivity index (χ4n) is 3.58. The topological polar surface area (TPSA) is 82.1 Å². The Morgan fingerprint density at radius 1 is 0.906 bits per heavy atom. The molecule has 4 rings (SSSR count). The number of carbonyl (C=O) groups is 1. The molecule has 32 heavy (non-hydrogen) atoms. The average Bonchev–Trinajstić information content (AvgIpc) is 2.83. The molecule has 0 unspecified atom stereocenters. The summed E-state index contributed by atoms with van der Waals surface area (Å²) in [7, 11) is -1.02. The Balaban J connectivity index is 1.61. The quantitative estimate of drug-likeness (QED) is 0.543. The minimum absolute atomic E-state index is 0.0323. The molecule has 0 aromatic heterocycles. The van der Waals surface area contributed by atoms with Gasteiger partial charge in [0.2, 0.25) is 0 Å². The minimum atomic E-state index is -4.00. The third-order valence-electron chi connectivity index (χ3n) is 5.32. The number of ether oxygens (including phenoxy) is 3. The molecular weight excluding hydrogens is 430 g/mol. The van der Waals surface area contributed by atoms with E-state index in [-0.39, 0.29) is 17.0 Å². The molecule has 0 bridgehead atoms. The SMILES string of the molecule is COc1ccc(S(=O)(=O)N2CCc3cc(OCc4ccccc4)c(OC)cc3C2=O)cc1. The van der Waals surface area contributed by atoms with Crippen molar-refractivity contribution in [2.45, 2.75) is 17.9 Å². The van der Waals surface area contributed by atoms with E-state index in [4.69, 9.17) is 14.2 Å². The number of benzene rings is 3. The molecule has 1 amide bonds. The summed E-state index contributed by atoms with van der Waals surface area (Å²) >= 11 is 0. The highest BCUT2D eigenvalue weighted by Crippen LogP contribution is 2.35. The van der Waals surface area contributed by atoms with E-state index in [1.165, 1.54) is 26.4 Å². The molecule has 166 valence electrons. The molecule has 1 aliphatic heterocycles. The van der Waals surface area contributed by atoms with E-state index in [0.717, 1.165) is 15.4 Å². The molecular formula is C24H23NO6S. The van der Waals surface area contributed by atoms with Crippen LogP contribution in [0.5, 0.6) is 17.2 Å². The number of amides is 1. The van der Waals surface area contributed by atoms with E-state index in [1.807, 2.05) is 30.3 Å². The number of fused-ring (bicyclic) bond motifs is 1. The minimum Gasteiger partial charge on any atom is -0.497 e. The fraction of sp³-hybridized carbons (Fsp3) is 0.208. The molecule has 1 aliphatic rings. The van der Waals surface area contributed by atoms with Crippen LogP contribution in [-0.4, -0.2) is 39.4 Å². The number of hydrogen-bond donors (Lipinski definition) is 0. The van der Waals surface area contributed by atoms with Crippen LogP contribution in [0, 0.1) is 0 Å². The first kappa shape index (κ1) is 21.7.